The smallest absolute Gasteiger partial charge is 0.269 e. The van der Waals surface area contributed by atoms with Crippen molar-refractivity contribution in [1.29, 1.82) is 0 Å². The highest BCUT2D eigenvalue weighted by atomic mass is 16.6. The van der Waals surface area contributed by atoms with E-state index < -0.39 is 0 Å². The third-order valence-corrected chi connectivity index (χ3v) is 3.66. The van der Waals surface area contributed by atoms with Crippen LogP contribution in [0.3, 0.4) is 0 Å². The van der Waals surface area contributed by atoms with Crippen LogP contribution >= 0.6 is 0 Å². The SMILES string of the molecule is CC.Cc1cc([N+](=O)[O-])ccc1N(C)CCN1CCOCC1. The lowest BCUT2D eigenvalue weighted by Gasteiger charge is -2.29. The van der Waals surface area contributed by atoms with Gasteiger partial charge in [0.2, 0.25) is 0 Å². The lowest BCUT2D eigenvalue weighted by molar-refractivity contribution is -0.384. The second-order valence-corrected chi connectivity index (χ2v) is 5.10. The monoisotopic (exact) mass is 309 g/mol. The van der Waals surface area contributed by atoms with Gasteiger partial charge in [-0.1, -0.05) is 13.8 Å². The number of nitrogens with zero attached hydrogens (tertiary/aromatic N) is 3. The average Bonchev–Trinajstić information content (AvgIpc) is 2.55. The van der Waals surface area contributed by atoms with Crippen molar-refractivity contribution < 1.29 is 9.66 Å². The Morgan fingerprint density at radius 3 is 2.50 bits per heavy atom. The predicted molar refractivity (Wildman–Crippen MR) is 89.7 cm³/mol. The molecule has 1 saturated heterocycles. The summed E-state index contributed by atoms with van der Waals surface area (Å²) >= 11 is 0. The highest BCUT2D eigenvalue weighted by molar-refractivity contribution is 5.56. The fourth-order valence-corrected chi connectivity index (χ4v) is 2.42. The van der Waals surface area contributed by atoms with Crippen LogP contribution in [0.4, 0.5) is 11.4 Å². The maximum absolute atomic E-state index is 10.7. The van der Waals surface area contributed by atoms with Crippen molar-refractivity contribution in [3.05, 3.63) is 33.9 Å². The maximum atomic E-state index is 10.7. The van der Waals surface area contributed by atoms with Crippen LogP contribution in [0.15, 0.2) is 18.2 Å². The van der Waals surface area contributed by atoms with E-state index in [0.717, 1.165) is 50.6 Å². The summed E-state index contributed by atoms with van der Waals surface area (Å²) in [4.78, 5) is 14.9. The van der Waals surface area contributed by atoms with Gasteiger partial charge in [-0.2, -0.15) is 0 Å². The number of ether oxygens (including phenoxy) is 1. The van der Waals surface area contributed by atoms with Gasteiger partial charge in [-0.3, -0.25) is 15.0 Å². The van der Waals surface area contributed by atoms with Crippen LogP contribution in [-0.4, -0.2) is 56.3 Å². The zero-order valence-electron chi connectivity index (χ0n) is 14.0. The molecule has 2 rings (SSSR count). The van der Waals surface area contributed by atoms with Gasteiger partial charge in [0.1, 0.15) is 0 Å². The molecule has 6 nitrogen and oxygen atoms in total. The summed E-state index contributed by atoms with van der Waals surface area (Å²) in [5.41, 5.74) is 2.13. The van der Waals surface area contributed by atoms with E-state index in [2.05, 4.69) is 9.80 Å². The summed E-state index contributed by atoms with van der Waals surface area (Å²) < 4.78 is 5.33. The number of aryl methyl sites for hydroxylation is 1. The molecule has 1 aliphatic heterocycles. The van der Waals surface area contributed by atoms with E-state index in [1.807, 2.05) is 33.9 Å². The number of anilines is 1. The Kier molecular flexibility index (Phi) is 7.84. The first-order valence-electron chi connectivity index (χ1n) is 7.84. The van der Waals surface area contributed by atoms with Crippen LogP contribution in [0.2, 0.25) is 0 Å². The molecule has 0 bridgehead atoms. The molecule has 0 unspecified atom stereocenters. The third kappa shape index (κ3) is 5.27. The van der Waals surface area contributed by atoms with E-state index in [-0.39, 0.29) is 10.6 Å². The highest BCUT2D eigenvalue weighted by Gasteiger charge is 2.13. The van der Waals surface area contributed by atoms with Crippen LogP contribution < -0.4 is 4.90 Å². The molecule has 1 fully saturated rings. The molecule has 22 heavy (non-hydrogen) atoms. The van der Waals surface area contributed by atoms with Gasteiger partial charge < -0.3 is 9.64 Å². The Labute approximate surface area is 132 Å². The van der Waals surface area contributed by atoms with Crippen molar-refractivity contribution in [2.45, 2.75) is 20.8 Å². The molecule has 124 valence electrons. The first-order valence-corrected chi connectivity index (χ1v) is 7.84. The Bertz CT molecular complexity index is 474. The standard InChI is InChI=1S/C14H21N3O3.C2H6/c1-12-11-13(17(18)19)3-4-14(12)15(2)5-6-16-7-9-20-10-8-16;1-2/h3-4,11H,5-10H2,1-2H3;1-2H3. The topological polar surface area (TPSA) is 58.9 Å². The van der Waals surface area contributed by atoms with Crippen LogP contribution in [0.5, 0.6) is 0 Å². The second kappa shape index (κ2) is 9.38. The average molecular weight is 309 g/mol. The molecule has 0 N–H and O–H groups in total. The maximum Gasteiger partial charge on any atom is 0.269 e. The molecule has 0 aromatic heterocycles. The number of nitro groups is 1. The molecule has 6 heteroatoms. The normalized spacial score (nSPS) is 14.9. The molecule has 0 aliphatic carbocycles. The van der Waals surface area contributed by atoms with Crippen molar-refractivity contribution in [2.75, 3.05) is 51.3 Å². The van der Waals surface area contributed by atoms with E-state index >= 15 is 0 Å². The fraction of sp³-hybridized carbons (Fsp3) is 0.625. The van der Waals surface area contributed by atoms with Crippen molar-refractivity contribution in [3.63, 3.8) is 0 Å². The van der Waals surface area contributed by atoms with Crippen LogP contribution in [0.1, 0.15) is 19.4 Å². The molecule has 1 heterocycles. The van der Waals surface area contributed by atoms with Crippen molar-refractivity contribution in [1.82, 2.24) is 4.90 Å². The Morgan fingerprint density at radius 2 is 1.95 bits per heavy atom. The summed E-state index contributed by atoms with van der Waals surface area (Å²) in [6.07, 6.45) is 0. The summed E-state index contributed by atoms with van der Waals surface area (Å²) in [6.45, 7) is 11.4. The van der Waals surface area contributed by atoms with Gasteiger partial charge in [0.15, 0.2) is 0 Å². The van der Waals surface area contributed by atoms with E-state index in [1.165, 1.54) is 0 Å². The van der Waals surface area contributed by atoms with Gasteiger partial charge >= 0.3 is 0 Å². The molecule has 1 aromatic carbocycles. The summed E-state index contributed by atoms with van der Waals surface area (Å²) in [5, 5.41) is 10.7. The van der Waals surface area contributed by atoms with E-state index in [1.54, 1.807) is 12.1 Å². The molecule has 0 saturated carbocycles. The Morgan fingerprint density at radius 1 is 1.32 bits per heavy atom. The van der Waals surface area contributed by atoms with Gasteiger partial charge in [-0.05, 0) is 18.6 Å². The molecule has 0 amide bonds. The fourth-order valence-electron chi connectivity index (χ4n) is 2.42. The van der Waals surface area contributed by atoms with Gasteiger partial charge in [-0.25, -0.2) is 0 Å². The third-order valence-electron chi connectivity index (χ3n) is 3.66. The first kappa shape index (κ1) is 18.4. The molecule has 1 aromatic rings. The minimum absolute atomic E-state index is 0.146. The number of non-ortho nitro benzene ring substituents is 1. The molecule has 0 atom stereocenters. The zero-order valence-corrected chi connectivity index (χ0v) is 14.0. The highest BCUT2D eigenvalue weighted by Crippen LogP contribution is 2.23. The lowest BCUT2D eigenvalue weighted by atomic mass is 10.1. The van der Waals surface area contributed by atoms with Crippen molar-refractivity contribution >= 4 is 11.4 Å². The van der Waals surface area contributed by atoms with Gasteiger partial charge in [0, 0.05) is 51.0 Å². The molecule has 1 aliphatic rings. The number of benzene rings is 1. The number of nitro benzene ring substituents is 1. The lowest BCUT2D eigenvalue weighted by Crippen LogP contribution is -2.40. The minimum atomic E-state index is -0.357. The number of likely N-dealkylation sites (N-methyl/N-ethyl adjacent to an activating group) is 1. The number of morpholine rings is 1. The summed E-state index contributed by atoms with van der Waals surface area (Å²) in [7, 11) is 2.02. The van der Waals surface area contributed by atoms with Crippen molar-refractivity contribution in [3.8, 4) is 0 Å². The minimum Gasteiger partial charge on any atom is -0.379 e. The summed E-state index contributed by atoms with van der Waals surface area (Å²) in [5.74, 6) is 0. The van der Waals surface area contributed by atoms with Gasteiger partial charge in [0.05, 0.1) is 18.1 Å². The number of rotatable bonds is 5. The van der Waals surface area contributed by atoms with Crippen LogP contribution in [0.25, 0.3) is 0 Å². The van der Waals surface area contributed by atoms with Crippen LogP contribution in [0, 0.1) is 17.0 Å². The Hall–Kier alpha value is -1.66. The number of hydrogen-bond donors (Lipinski definition) is 0. The number of hydrogen-bond acceptors (Lipinski definition) is 5. The first-order chi connectivity index (χ1) is 10.6. The van der Waals surface area contributed by atoms with Crippen LogP contribution in [-0.2, 0) is 4.74 Å². The molecular weight excluding hydrogens is 282 g/mol. The van der Waals surface area contributed by atoms with Crippen molar-refractivity contribution in [2.24, 2.45) is 0 Å². The van der Waals surface area contributed by atoms with Gasteiger partial charge in [0.25, 0.3) is 5.69 Å². The van der Waals surface area contributed by atoms with Gasteiger partial charge in [-0.15, -0.1) is 0 Å². The van der Waals surface area contributed by atoms with E-state index in [0.29, 0.717) is 0 Å². The van der Waals surface area contributed by atoms with E-state index in [4.69, 9.17) is 4.74 Å². The predicted octanol–water partition coefficient (Wildman–Crippen LogP) is 2.70. The second-order valence-electron chi connectivity index (χ2n) is 5.10. The Balaban J connectivity index is 0.00000116. The molecule has 0 spiro atoms. The zero-order chi connectivity index (χ0) is 16.5. The summed E-state index contributed by atoms with van der Waals surface area (Å²) in [6, 6.07) is 5.01. The van der Waals surface area contributed by atoms with E-state index in [9.17, 15) is 10.1 Å². The molecule has 0 radical (unpaired) electrons. The largest absolute Gasteiger partial charge is 0.379 e. The molecular formula is C16H27N3O3. The quantitative estimate of drug-likeness (QED) is 0.618.